The normalized spacial score (nSPS) is 12.3. The van der Waals surface area contributed by atoms with Gasteiger partial charge in [-0.15, -0.1) is 0 Å². The predicted molar refractivity (Wildman–Crippen MR) is 108 cm³/mol. The number of hydrogen-bond acceptors (Lipinski definition) is 7. The minimum atomic E-state index is -1.19. The molecule has 0 radical (unpaired) electrons. The van der Waals surface area contributed by atoms with E-state index in [2.05, 4.69) is 4.89 Å². The summed E-state index contributed by atoms with van der Waals surface area (Å²) in [5.74, 6) is -1.22. The zero-order valence-electron chi connectivity index (χ0n) is 16.9. The van der Waals surface area contributed by atoms with Gasteiger partial charge in [-0.1, -0.05) is 40.2 Å². The Morgan fingerprint density at radius 1 is 1.32 bits per heavy atom. The summed E-state index contributed by atoms with van der Waals surface area (Å²) in [5.41, 5.74) is 0.393. The van der Waals surface area contributed by atoms with Crippen LogP contribution in [-0.2, 0) is 10.3 Å². The summed E-state index contributed by atoms with van der Waals surface area (Å²) >= 11 is 0. The fourth-order valence-corrected chi connectivity index (χ4v) is 3.26. The molecule has 0 spiro atoms. The molecule has 0 aliphatic heterocycles. The third kappa shape index (κ3) is 5.95. The molecule has 0 fully saturated rings. The summed E-state index contributed by atoms with van der Waals surface area (Å²) in [5, 5.41) is 36.4. The SMILES string of the molecule is CCCC(=N)C[C@H](CC)C(=N)CC(C)(C)c1ccc(C(=O)OO)c([N+](=O)[O-])c1. The van der Waals surface area contributed by atoms with Gasteiger partial charge in [-0.3, -0.25) is 15.0 Å². The van der Waals surface area contributed by atoms with Gasteiger partial charge in [0.1, 0.15) is 5.56 Å². The lowest BCUT2D eigenvalue weighted by atomic mass is 9.76. The second-order valence-electron chi connectivity index (χ2n) is 7.62. The largest absolute Gasteiger partial charge is 0.379 e. The van der Waals surface area contributed by atoms with E-state index >= 15 is 0 Å². The topological polar surface area (TPSA) is 137 Å². The third-order valence-electron chi connectivity index (χ3n) is 4.94. The average molecular weight is 391 g/mol. The van der Waals surface area contributed by atoms with Crippen LogP contribution >= 0.6 is 0 Å². The zero-order chi connectivity index (χ0) is 21.5. The maximum atomic E-state index is 11.5. The summed E-state index contributed by atoms with van der Waals surface area (Å²) in [6.07, 6.45) is 3.32. The molecule has 0 bridgehead atoms. The first-order valence-corrected chi connectivity index (χ1v) is 9.35. The van der Waals surface area contributed by atoms with Gasteiger partial charge in [-0.2, -0.15) is 5.26 Å². The van der Waals surface area contributed by atoms with Crippen molar-refractivity contribution in [3.8, 4) is 0 Å². The molecule has 154 valence electrons. The van der Waals surface area contributed by atoms with Crippen molar-refractivity contribution in [3.05, 3.63) is 39.4 Å². The monoisotopic (exact) mass is 391 g/mol. The number of hydrogen-bond donors (Lipinski definition) is 3. The van der Waals surface area contributed by atoms with Gasteiger partial charge in [0.15, 0.2) is 0 Å². The summed E-state index contributed by atoms with van der Waals surface area (Å²) < 4.78 is 0. The maximum Gasteiger partial charge on any atom is 0.379 e. The van der Waals surface area contributed by atoms with Crippen molar-refractivity contribution in [1.29, 1.82) is 10.8 Å². The molecule has 1 aromatic rings. The van der Waals surface area contributed by atoms with Crippen molar-refractivity contribution in [1.82, 2.24) is 0 Å². The van der Waals surface area contributed by atoms with Crippen LogP contribution in [0.15, 0.2) is 18.2 Å². The van der Waals surface area contributed by atoms with Gasteiger partial charge in [0.25, 0.3) is 5.69 Å². The number of rotatable bonds is 11. The van der Waals surface area contributed by atoms with E-state index in [0.29, 0.717) is 29.8 Å². The highest BCUT2D eigenvalue weighted by Crippen LogP contribution is 2.33. The first-order chi connectivity index (χ1) is 13.1. The Hall–Kier alpha value is -2.61. The lowest BCUT2D eigenvalue weighted by Crippen LogP contribution is -2.27. The molecule has 0 aliphatic carbocycles. The quantitative estimate of drug-likeness (QED) is 0.207. The number of nitro benzene ring substituents is 1. The van der Waals surface area contributed by atoms with E-state index in [1.165, 1.54) is 12.1 Å². The van der Waals surface area contributed by atoms with Crippen LogP contribution in [0.1, 0.15) is 75.7 Å². The molecule has 28 heavy (non-hydrogen) atoms. The van der Waals surface area contributed by atoms with Crippen molar-refractivity contribution in [2.45, 2.75) is 65.2 Å². The van der Waals surface area contributed by atoms with E-state index in [1.807, 2.05) is 27.7 Å². The maximum absolute atomic E-state index is 11.5. The van der Waals surface area contributed by atoms with Crippen LogP contribution < -0.4 is 0 Å². The second kappa shape index (κ2) is 10.1. The number of nitrogens with zero attached hydrogens (tertiary/aromatic N) is 1. The Kier molecular flexibility index (Phi) is 8.43. The van der Waals surface area contributed by atoms with Crippen LogP contribution in [0, 0.1) is 26.9 Å². The fraction of sp³-hybridized carbons (Fsp3) is 0.550. The molecule has 1 aromatic carbocycles. The molecule has 0 amide bonds. The van der Waals surface area contributed by atoms with Crippen LogP contribution in [-0.4, -0.2) is 27.6 Å². The summed E-state index contributed by atoms with van der Waals surface area (Å²) in [6.45, 7) is 7.78. The lowest BCUT2D eigenvalue weighted by molar-refractivity contribution is -0.385. The first-order valence-electron chi connectivity index (χ1n) is 9.35. The van der Waals surface area contributed by atoms with E-state index in [1.54, 1.807) is 6.07 Å². The Morgan fingerprint density at radius 2 is 1.96 bits per heavy atom. The van der Waals surface area contributed by atoms with Crippen LogP contribution in [0.25, 0.3) is 0 Å². The van der Waals surface area contributed by atoms with E-state index in [-0.39, 0.29) is 11.5 Å². The van der Waals surface area contributed by atoms with Crippen LogP contribution in [0.4, 0.5) is 5.69 Å². The van der Waals surface area contributed by atoms with Crippen LogP contribution in [0.2, 0.25) is 0 Å². The number of benzene rings is 1. The van der Waals surface area contributed by atoms with Gasteiger partial charge in [0.2, 0.25) is 0 Å². The van der Waals surface area contributed by atoms with Gasteiger partial charge < -0.3 is 10.8 Å². The molecule has 3 N–H and O–H groups in total. The Balaban J connectivity index is 3.09. The molecular formula is C20H29N3O5. The summed E-state index contributed by atoms with van der Waals surface area (Å²) in [4.78, 5) is 25.8. The molecule has 1 atom stereocenters. The molecule has 0 heterocycles. The lowest BCUT2D eigenvalue weighted by Gasteiger charge is -2.28. The van der Waals surface area contributed by atoms with E-state index < -0.39 is 22.0 Å². The number of carbonyl (C=O) groups is 1. The van der Waals surface area contributed by atoms with Crippen molar-refractivity contribution >= 4 is 23.1 Å². The van der Waals surface area contributed by atoms with Gasteiger partial charge in [-0.25, -0.2) is 4.79 Å². The highest BCUT2D eigenvalue weighted by atomic mass is 17.1. The van der Waals surface area contributed by atoms with Gasteiger partial charge >= 0.3 is 5.97 Å². The molecule has 0 unspecified atom stereocenters. The fourth-order valence-electron chi connectivity index (χ4n) is 3.26. The van der Waals surface area contributed by atoms with Crippen molar-refractivity contribution < 1.29 is 19.9 Å². The summed E-state index contributed by atoms with van der Waals surface area (Å²) in [6, 6.07) is 4.12. The van der Waals surface area contributed by atoms with E-state index in [0.717, 1.165) is 19.3 Å². The highest BCUT2D eigenvalue weighted by Gasteiger charge is 2.30. The number of nitrogens with one attached hydrogen (secondary N) is 2. The average Bonchev–Trinajstić information content (AvgIpc) is 2.64. The smallest absolute Gasteiger partial charge is 0.310 e. The highest BCUT2D eigenvalue weighted by molar-refractivity contribution is 5.94. The Morgan fingerprint density at radius 3 is 2.46 bits per heavy atom. The van der Waals surface area contributed by atoms with Gasteiger partial charge in [-0.05, 0) is 42.7 Å². The van der Waals surface area contributed by atoms with Crippen molar-refractivity contribution in [2.75, 3.05) is 0 Å². The Labute approximate surface area is 165 Å². The standard InChI is InChI=1S/C20H29N3O5/c1-5-7-15(21)10-13(6-2)17(22)12-20(3,4)14-8-9-16(19(24)28-27)18(11-14)23(25)26/h8-9,11,13,21-22,27H,5-7,10,12H2,1-4H3/t13-/m0/s1. The number of nitro groups is 1. The predicted octanol–water partition coefficient (Wildman–Crippen LogP) is 5.15. The Bertz CT molecular complexity index is 758. The molecule has 1 rings (SSSR count). The van der Waals surface area contributed by atoms with Crippen molar-refractivity contribution in [3.63, 3.8) is 0 Å². The first kappa shape index (κ1) is 23.4. The molecule has 0 aromatic heterocycles. The van der Waals surface area contributed by atoms with Crippen LogP contribution in [0.5, 0.6) is 0 Å². The zero-order valence-corrected chi connectivity index (χ0v) is 16.9. The minimum absolute atomic E-state index is 0.0306. The molecule has 8 heteroatoms. The van der Waals surface area contributed by atoms with E-state index in [9.17, 15) is 14.9 Å². The van der Waals surface area contributed by atoms with Crippen molar-refractivity contribution in [2.24, 2.45) is 5.92 Å². The number of carbonyl (C=O) groups excluding carboxylic acids is 1. The minimum Gasteiger partial charge on any atom is -0.310 e. The second-order valence-corrected chi connectivity index (χ2v) is 7.62. The molecular weight excluding hydrogens is 362 g/mol. The van der Waals surface area contributed by atoms with Gasteiger partial charge in [0, 0.05) is 23.4 Å². The molecule has 0 saturated heterocycles. The molecule has 0 saturated carbocycles. The molecule has 8 nitrogen and oxygen atoms in total. The van der Waals surface area contributed by atoms with Gasteiger partial charge in [0.05, 0.1) is 4.92 Å². The third-order valence-corrected chi connectivity index (χ3v) is 4.94. The molecule has 0 aliphatic rings. The summed E-state index contributed by atoms with van der Waals surface area (Å²) in [7, 11) is 0. The van der Waals surface area contributed by atoms with E-state index in [4.69, 9.17) is 16.1 Å². The van der Waals surface area contributed by atoms with Crippen LogP contribution in [0.3, 0.4) is 0 Å².